The molecule has 0 aliphatic heterocycles. The molecule has 2 aromatic heterocycles. The van der Waals surface area contributed by atoms with E-state index in [1.165, 1.54) is 0 Å². The van der Waals surface area contributed by atoms with Gasteiger partial charge in [0, 0.05) is 35.4 Å². The number of hydrogen-bond acceptors (Lipinski definition) is 4. The third kappa shape index (κ3) is 3.89. The van der Waals surface area contributed by atoms with Crippen molar-refractivity contribution in [2.24, 2.45) is 0 Å². The molecule has 0 aliphatic rings. The van der Waals surface area contributed by atoms with Gasteiger partial charge in [0.05, 0.1) is 10.9 Å². The molecule has 31 heavy (non-hydrogen) atoms. The van der Waals surface area contributed by atoms with Crippen molar-refractivity contribution in [3.63, 3.8) is 0 Å². The molecule has 0 amide bonds. The molecule has 0 aliphatic carbocycles. The van der Waals surface area contributed by atoms with Crippen LogP contribution in [0.3, 0.4) is 0 Å². The lowest BCUT2D eigenvalue weighted by Gasteiger charge is -2.19. The number of benzene rings is 3. The van der Waals surface area contributed by atoms with Crippen LogP contribution in [-0.4, -0.2) is 9.55 Å². The summed E-state index contributed by atoms with van der Waals surface area (Å²) in [6.07, 6.45) is 1.63. The normalized spacial score (nSPS) is 10.7. The Morgan fingerprint density at radius 3 is 1.90 bits per heavy atom. The highest BCUT2D eigenvalue weighted by Gasteiger charge is 2.13. The second-order valence-corrected chi connectivity index (χ2v) is 7.13. The van der Waals surface area contributed by atoms with Crippen LogP contribution in [0, 0.1) is 0 Å². The largest absolute Gasteiger partial charge is 0.341 e. The molecule has 5 heteroatoms. The number of para-hydroxylation sites is 3. The van der Waals surface area contributed by atoms with E-state index in [1.54, 1.807) is 12.3 Å². The van der Waals surface area contributed by atoms with Gasteiger partial charge in [-0.2, -0.15) is 0 Å². The van der Waals surface area contributed by atoms with E-state index in [0.717, 1.165) is 22.6 Å². The first-order valence-corrected chi connectivity index (χ1v) is 10.0. The van der Waals surface area contributed by atoms with Crippen LogP contribution in [0.1, 0.15) is 0 Å². The van der Waals surface area contributed by atoms with Crippen molar-refractivity contribution in [2.45, 2.75) is 0 Å². The first-order chi connectivity index (χ1) is 15.3. The molecule has 5 nitrogen and oxygen atoms in total. The second kappa shape index (κ2) is 8.16. The smallest absolute Gasteiger partial charge is 0.193 e. The summed E-state index contributed by atoms with van der Waals surface area (Å²) in [6.45, 7) is 0. The zero-order chi connectivity index (χ0) is 21.0. The third-order valence-electron chi connectivity index (χ3n) is 5.00. The fourth-order valence-corrected chi connectivity index (χ4v) is 3.57. The average molecular weight is 404 g/mol. The van der Waals surface area contributed by atoms with Crippen LogP contribution in [0.2, 0.25) is 0 Å². The Morgan fingerprint density at radius 2 is 1.26 bits per heavy atom. The van der Waals surface area contributed by atoms with E-state index in [-0.39, 0.29) is 5.43 Å². The van der Waals surface area contributed by atoms with Crippen LogP contribution in [0.5, 0.6) is 0 Å². The third-order valence-corrected chi connectivity index (χ3v) is 5.00. The predicted molar refractivity (Wildman–Crippen MR) is 127 cm³/mol. The highest BCUT2D eigenvalue weighted by molar-refractivity contribution is 5.86. The van der Waals surface area contributed by atoms with Crippen LogP contribution in [0.15, 0.2) is 114 Å². The summed E-state index contributed by atoms with van der Waals surface area (Å²) in [5.41, 5.74) is 3.47. The average Bonchev–Trinajstić information content (AvgIpc) is 2.81. The van der Waals surface area contributed by atoms with Gasteiger partial charge in [0.2, 0.25) is 0 Å². The fourth-order valence-electron chi connectivity index (χ4n) is 3.57. The maximum Gasteiger partial charge on any atom is 0.193 e. The number of aromatic nitrogens is 2. The van der Waals surface area contributed by atoms with Crippen molar-refractivity contribution in [1.82, 2.24) is 9.55 Å². The number of hydrogen-bond donors (Lipinski definition) is 2. The number of nitrogens with zero attached hydrogens (tertiary/aromatic N) is 2. The van der Waals surface area contributed by atoms with Crippen LogP contribution in [0.25, 0.3) is 16.6 Å². The van der Waals surface area contributed by atoms with Gasteiger partial charge in [-0.25, -0.2) is 4.98 Å². The van der Waals surface area contributed by atoms with Crippen molar-refractivity contribution < 1.29 is 0 Å². The summed E-state index contributed by atoms with van der Waals surface area (Å²) in [4.78, 5) is 17.4. The molecule has 0 bridgehead atoms. The van der Waals surface area contributed by atoms with Crippen LogP contribution in [0.4, 0.5) is 23.0 Å². The Bertz CT molecular complexity index is 1380. The standard InChI is InChI=1S/C26H20N4O/c31-24-17-26(29-20-12-6-2-7-13-20)30(21-14-8-3-9-15-21)23-16-25(27-18-22(23)24)28-19-10-4-1-5-11-19/h1-18,29H,(H,27,28). The van der Waals surface area contributed by atoms with E-state index in [1.807, 2.05) is 102 Å². The van der Waals surface area contributed by atoms with Crippen molar-refractivity contribution in [1.29, 1.82) is 0 Å². The van der Waals surface area contributed by atoms with E-state index in [9.17, 15) is 4.79 Å². The number of rotatable bonds is 5. The summed E-state index contributed by atoms with van der Waals surface area (Å²) in [7, 11) is 0. The van der Waals surface area contributed by atoms with Gasteiger partial charge in [0.15, 0.2) is 5.43 Å². The monoisotopic (exact) mass is 404 g/mol. The maximum absolute atomic E-state index is 12.9. The van der Waals surface area contributed by atoms with Gasteiger partial charge in [-0.3, -0.25) is 9.36 Å². The highest BCUT2D eigenvalue weighted by Crippen LogP contribution is 2.27. The van der Waals surface area contributed by atoms with E-state index in [2.05, 4.69) is 15.6 Å². The molecule has 0 saturated heterocycles. The molecule has 3 aromatic carbocycles. The zero-order valence-electron chi connectivity index (χ0n) is 16.7. The van der Waals surface area contributed by atoms with Gasteiger partial charge in [-0.15, -0.1) is 0 Å². The topological polar surface area (TPSA) is 59.0 Å². The van der Waals surface area contributed by atoms with Crippen molar-refractivity contribution in [2.75, 3.05) is 10.6 Å². The molecule has 0 unspecified atom stereocenters. The summed E-state index contributed by atoms with van der Waals surface area (Å²) in [6, 6.07) is 33.2. The Balaban J connectivity index is 1.71. The summed E-state index contributed by atoms with van der Waals surface area (Å²) < 4.78 is 2.04. The number of anilines is 4. The molecule has 0 atom stereocenters. The Labute approximate surface area is 179 Å². The predicted octanol–water partition coefficient (Wildman–Crippen LogP) is 5.87. The molecular weight excluding hydrogens is 384 g/mol. The Morgan fingerprint density at radius 1 is 0.677 bits per heavy atom. The van der Waals surface area contributed by atoms with Gasteiger partial charge in [-0.1, -0.05) is 54.6 Å². The molecule has 150 valence electrons. The summed E-state index contributed by atoms with van der Waals surface area (Å²) >= 11 is 0. The number of nitrogens with one attached hydrogen (secondary N) is 2. The molecule has 5 aromatic rings. The first kappa shape index (κ1) is 18.6. The van der Waals surface area contributed by atoms with Crippen molar-refractivity contribution >= 4 is 33.9 Å². The van der Waals surface area contributed by atoms with Crippen molar-refractivity contribution in [3.8, 4) is 5.69 Å². The van der Waals surface area contributed by atoms with Gasteiger partial charge in [0.1, 0.15) is 11.6 Å². The molecule has 0 spiro atoms. The first-order valence-electron chi connectivity index (χ1n) is 10.0. The number of fused-ring (bicyclic) bond motifs is 1. The van der Waals surface area contributed by atoms with Crippen LogP contribution >= 0.6 is 0 Å². The Hall–Kier alpha value is -4.38. The van der Waals surface area contributed by atoms with Gasteiger partial charge < -0.3 is 10.6 Å². The SMILES string of the molecule is O=c1cc(Nc2ccccc2)n(-c2ccccc2)c2cc(Nc3ccccc3)ncc12. The van der Waals surface area contributed by atoms with E-state index in [4.69, 9.17) is 0 Å². The molecule has 2 heterocycles. The molecule has 0 saturated carbocycles. The second-order valence-electron chi connectivity index (χ2n) is 7.13. The lowest BCUT2D eigenvalue weighted by atomic mass is 10.2. The molecular formula is C26H20N4O. The summed E-state index contributed by atoms with van der Waals surface area (Å²) in [5.74, 6) is 1.35. The van der Waals surface area contributed by atoms with Crippen LogP contribution < -0.4 is 16.1 Å². The molecule has 5 rings (SSSR count). The molecule has 0 fully saturated rings. The van der Waals surface area contributed by atoms with Gasteiger partial charge >= 0.3 is 0 Å². The Kier molecular flexibility index (Phi) is 4.91. The minimum atomic E-state index is -0.0839. The van der Waals surface area contributed by atoms with Gasteiger partial charge in [0.25, 0.3) is 0 Å². The lowest BCUT2D eigenvalue weighted by Crippen LogP contribution is -2.13. The fraction of sp³-hybridized carbons (Fsp3) is 0. The maximum atomic E-state index is 12.9. The minimum absolute atomic E-state index is 0.0839. The van der Waals surface area contributed by atoms with Crippen LogP contribution in [-0.2, 0) is 0 Å². The quantitative estimate of drug-likeness (QED) is 0.384. The minimum Gasteiger partial charge on any atom is -0.341 e. The zero-order valence-corrected chi connectivity index (χ0v) is 16.7. The number of pyridine rings is 2. The molecule has 0 radical (unpaired) electrons. The van der Waals surface area contributed by atoms with Gasteiger partial charge in [-0.05, 0) is 36.4 Å². The summed E-state index contributed by atoms with van der Waals surface area (Å²) in [5, 5.41) is 7.27. The van der Waals surface area contributed by atoms with E-state index in [0.29, 0.717) is 17.0 Å². The highest BCUT2D eigenvalue weighted by atomic mass is 16.1. The van der Waals surface area contributed by atoms with E-state index < -0.39 is 0 Å². The van der Waals surface area contributed by atoms with E-state index >= 15 is 0 Å². The lowest BCUT2D eigenvalue weighted by molar-refractivity contribution is 1.10. The van der Waals surface area contributed by atoms with Crippen molar-refractivity contribution in [3.05, 3.63) is 120 Å². The molecule has 2 N–H and O–H groups in total.